The summed E-state index contributed by atoms with van der Waals surface area (Å²) in [6.45, 7) is 1.92. The Balaban J connectivity index is 2.01. The first-order valence-electron chi connectivity index (χ1n) is 5.44. The first kappa shape index (κ1) is 12.9. The van der Waals surface area contributed by atoms with Crippen LogP contribution >= 0.6 is 22.9 Å². The average molecular weight is 278 g/mol. The van der Waals surface area contributed by atoms with E-state index >= 15 is 0 Å². The smallest absolute Gasteiger partial charge is 0.248 e. The van der Waals surface area contributed by atoms with Crippen LogP contribution in [0.4, 0.5) is 5.69 Å². The minimum atomic E-state index is -0.164. The summed E-state index contributed by atoms with van der Waals surface area (Å²) in [7, 11) is 0. The van der Waals surface area contributed by atoms with E-state index in [4.69, 9.17) is 11.6 Å². The Labute approximate surface area is 115 Å². The van der Waals surface area contributed by atoms with Crippen molar-refractivity contribution in [3.05, 3.63) is 57.3 Å². The van der Waals surface area contributed by atoms with Gasteiger partial charge in [-0.1, -0.05) is 23.7 Å². The predicted octanol–water partition coefficient (Wildman–Crippen LogP) is 4.36. The van der Waals surface area contributed by atoms with Gasteiger partial charge >= 0.3 is 0 Å². The summed E-state index contributed by atoms with van der Waals surface area (Å²) in [5.74, 6) is -0.164. The molecular weight excluding hydrogens is 266 g/mol. The lowest BCUT2D eigenvalue weighted by Crippen LogP contribution is -2.07. The van der Waals surface area contributed by atoms with E-state index in [9.17, 15) is 4.79 Å². The molecule has 0 aliphatic heterocycles. The van der Waals surface area contributed by atoms with Crippen LogP contribution in [0.5, 0.6) is 0 Å². The van der Waals surface area contributed by atoms with Crippen LogP contribution in [0.3, 0.4) is 0 Å². The number of hydrogen-bond acceptors (Lipinski definition) is 2. The topological polar surface area (TPSA) is 29.1 Å². The van der Waals surface area contributed by atoms with Gasteiger partial charge < -0.3 is 5.32 Å². The van der Waals surface area contributed by atoms with Crippen LogP contribution in [0, 0.1) is 6.92 Å². The second kappa shape index (κ2) is 5.85. The minimum Gasteiger partial charge on any atom is -0.322 e. The summed E-state index contributed by atoms with van der Waals surface area (Å²) in [6, 6.07) is 9.35. The zero-order chi connectivity index (χ0) is 13.0. The van der Waals surface area contributed by atoms with Gasteiger partial charge in [0.2, 0.25) is 5.91 Å². The summed E-state index contributed by atoms with van der Waals surface area (Å²) >= 11 is 7.58. The molecule has 1 aromatic heterocycles. The molecule has 1 heterocycles. The van der Waals surface area contributed by atoms with Crippen LogP contribution in [0.15, 0.2) is 41.8 Å². The molecule has 0 aliphatic carbocycles. The van der Waals surface area contributed by atoms with Gasteiger partial charge in [-0.25, -0.2) is 0 Å². The van der Waals surface area contributed by atoms with Crippen molar-refractivity contribution in [1.29, 1.82) is 0 Å². The normalized spacial score (nSPS) is 10.8. The summed E-state index contributed by atoms with van der Waals surface area (Å²) in [4.78, 5) is 12.7. The summed E-state index contributed by atoms with van der Waals surface area (Å²) in [5.41, 5.74) is 1.69. The van der Waals surface area contributed by atoms with Gasteiger partial charge in [0.1, 0.15) is 0 Å². The van der Waals surface area contributed by atoms with Crippen LogP contribution in [-0.2, 0) is 4.79 Å². The van der Waals surface area contributed by atoms with Crippen molar-refractivity contribution in [2.45, 2.75) is 6.92 Å². The van der Waals surface area contributed by atoms with E-state index in [1.165, 1.54) is 6.08 Å². The number of amides is 1. The van der Waals surface area contributed by atoms with Crippen LogP contribution in [-0.4, -0.2) is 5.91 Å². The van der Waals surface area contributed by atoms with E-state index in [2.05, 4.69) is 5.32 Å². The van der Waals surface area contributed by atoms with E-state index < -0.39 is 0 Å². The molecule has 0 radical (unpaired) electrons. The molecule has 0 saturated carbocycles. The molecule has 1 aromatic carbocycles. The maximum absolute atomic E-state index is 11.7. The molecule has 18 heavy (non-hydrogen) atoms. The number of hydrogen-bond donors (Lipinski definition) is 1. The fourth-order valence-electron chi connectivity index (χ4n) is 1.40. The number of halogens is 1. The maximum atomic E-state index is 11.7. The number of nitrogens with one attached hydrogen (secondary N) is 1. The van der Waals surface area contributed by atoms with Crippen molar-refractivity contribution in [3.8, 4) is 0 Å². The molecule has 0 bridgehead atoms. The van der Waals surface area contributed by atoms with Crippen molar-refractivity contribution < 1.29 is 4.79 Å². The molecule has 0 unspecified atom stereocenters. The van der Waals surface area contributed by atoms with E-state index in [-0.39, 0.29) is 5.91 Å². The van der Waals surface area contributed by atoms with Crippen LogP contribution in [0.25, 0.3) is 6.08 Å². The van der Waals surface area contributed by atoms with Gasteiger partial charge in [-0.05, 0) is 42.1 Å². The molecule has 2 rings (SSSR count). The van der Waals surface area contributed by atoms with Crippen molar-refractivity contribution in [1.82, 2.24) is 0 Å². The Morgan fingerprint density at radius 1 is 1.39 bits per heavy atom. The minimum absolute atomic E-state index is 0.164. The van der Waals surface area contributed by atoms with Gasteiger partial charge in [-0.15, -0.1) is 11.3 Å². The first-order valence-corrected chi connectivity index (χ1v) is 6.69. The molecule has 0 saturated heterocycles. The highest BCUT2D eigenvalue weighted by atomic mass is 35.5. The monoisotopic (exact) mass is 277 g/mol. The highest BCUT2D eigenvalue weighted by Crippen LogP contribution is 2.20. The first-order chi connectivity index (χ1) is 8.65. The van der Waals surface area contributed by atoms with Crippen molar-refractivity contribution in [2.24, 2.45) is 0 Å². The molecular formula is C14H12ClNOS. The highest BCUT2D eigenvalue weighted by Gasteiger charge is 2.00. The molecule has 92 valence electrons. The van der Waals surface area contributed by atoms with Gasteiger partial charge in [-0.2, -0.15) is 0 Å². The lowest BCUT2D eigenvalue weighted by Gasteiger charge is -2.04. The molecule has 0 aliphatic rings. The number of rotatable bonds is 3. The van der Waals surface area contributed by atoms with Crippen LogP contribution in [0.2, 0.25) is 5.02 Å². The molecule has 1 amide bonds. The van der Waals surface area contributed by atoms with Gasteiger partial charge in [0.25, 0.3) is 0 Å². The van der Waals surface area contributed by atoms with Gasteiger partial charge in [0, 0.05) is 21.7 Å². The fraction of sp³-hybridized carbons (Fsp3) is 0.0714. The number of anilines is 1. The fourth-order valence-corrected chi connectivity index (χ4v) is 2.20. The van der Waals surface area contributed by atoms with Crippen molar-refractivity contribution in [3.63, 3.8) is 0 Å². The number of benzene rings is 1. The van der Waals surface area contributed by atoms with Crippen molar-refractivity contribution >= 4 is 40.6 Å². The lowest BCUT2D eigenvalue weighted by molar-refractivity contribution is -0.111. The molecule has 0 atom stereocenters. The molecule has 2 aromatic rings. The van der Waals surface area contributed by atoms with Crippen molar-refractivity contribution in [2.75, 3.05) is 5.32 Å². The Bertz CT molecular complexity index is 575. The lowest BCUT2D eigenvalue weighted by atomic mass is 10.2. The third-order valence-corrected chi connectivity index (χ3v) is 3.63. The SMILES string of the molecule is Cc1ccc(NC(=O)C=Cc2cccs2)cc1Cl. The second-order valence-corrected chi connectivity index (χ2v) is 5.19. The van der Waals surface area contributed by atoms with Gasteiger partial charge in [0.05, 0.1) is 0 Å². The molecule has 4 heteroatoms. The standard InChI is InChI=1S/C14H12ClNOS/c1-10-4-5-11(9-13(10)15)16-14(17)7-6-12-3-2-8-18-12/h2-9H,1H3,(H,16,17). The molecule has 0 spiro atoms. The summed E-state index contributed by atoms with van der Waals surface area (Å²) in [6.07, 6.45) is 3.30. The Morgan fingerprint density at radius 2 is 2.22 bits per heavy atom. The largest absolute Gasteiger partial charge is 0.322 e. The summed E-state index contributed by atoms with van der Waals surface area (Å²) < 4.78 is 0. The third kappa shape index (κ3) is 3.45. The van der Waals surface area contributed by atoms with Gasteiger partial charge in [0.15, 0.2) is 0 Å². The molecule has 0 fully saturated rings. The van der Waals surface area contributed by atoms with E-state index in [1.807, 2.05) is 36.6 Å². The second-order valence-electron chi connectivity index (χ2n) is 3.80. The Morgan fingerprint density at radius 3 is 2.89 bits per heavy atom. The number of carbonyl (C=O) groups excluding carboxylic acids is 1. The zero-order valence-corrected chi connectivity index (χ0v) is 11.4. The number of carbonyl (C=O) groups is 1. The number of thiophene rings is 1. The summed E-state index contributed by atoms with van der Waals surface area (Å²) in [5, 5.41) is 5.38. The third-order valence-electron chi connectivity index (χ3n) is 2.38. The van der Waals surface area contributed by atoms with E-state index in [1.54, 1.807) is 23.5 Å². The highest BCUT2D eigenvalue weighted by molar-refractivity contribution is 7.10. The van der Waals surface area contributed by atoms with E-state index in [0.29, 0.717) is 10.7 Å². The molecule has 1 N–H and O–H groups in total. The Hall–Kier alpha value is -1.58. The van der Waals surface area contributed by atoms with E-state index in [0.717, 1.165) is 10.4 Å². The van der Waals surface area contributed by atoms with Gasteiger partial charge in [-0.3, -0.25) is 4.79 Å². The predicted molar refractivity (Wildman–Crippen MR) is 78.2 cm³/mol. The van der Waals surface area contributed by atoms with Crippen LogP contribution < -0.4 is 5.32 Å². The quantitative estimate of drug-likeness (QED) is 0.830. The molecule has 2 nitrogen and oxygen atoms in total. The Kier molecular flexibility index (Phi) is 4.18. The number of aryl methyl sites for hydroxylation is 1. The average Bonchev–Trinajstić information content (AvgIpc) is 2.84. The van der Waals surface area contributed by atoms with Crippen LogP contribution in [0.1, 0.15) is 10.4 Å². The zero-order valence-electron chi connectivity index (χ0n) is 9.81. The maximum Gasteiger partial charge on any atom is 0.248 e.